The van der Waals surface area contributed by atoms with E-state index in [9.17, 15) is 14.4 Å². The summed E-state index contributed by atoms with van der Waals surface area (Å²) < 4.78 is 0. The topological polar surface area (TPSA) is 113 Å². The third kappa shape index (κ3) is 7.29. The number of amides is 3. The summed E-state index contributed by atoms with van der Waals surface area (Å²) in [6, 6.07) is -0.621. The number of carbonyl (C=O) groups is 3. The molecule has 0 saturated heterocycles. The van der Waals surface area contributed by atoms with Gasteiger partial charge in [-0.1, -0.05) is 6.92 Å². The molecule has 5 N–H and O–H groups in total. The molecule has 3 amide bonds. The zero-order valence-corrected chi connectivity index (χ0v) is 10.2. The molecule has 0 aromatic heterocycles. The van der Waals surface area contributed by atoms with Crippen LogP contribution in [0.4, 0.5) is 0 Å². The van der Waals surface area contributed by atoms with Crippen LogP contribution in [0.5, 0.6) is 0 Å². The van der Waals surface area contributed by atoms with Gasteiger partial charge in [-0.3, -0.25) is 14.4 Å². The Hall–Kier alpha value is -1.63. The first-order valence-electron chi connectivity index (χ1n) is 5.55. The van der Waals surface area contributed by atoms with Gasteiger partial charge in [0.15, 0.2) is 0 Å². The third-order valence-electron chi connectivity index (χ3n) is 1.95. The molecule has 0 aromatic rings. The zero-order valence-electron chi connectivity index (χ0n) is 10.2. The second-order valence-electron chi connectivity index (χ2n) is 3.56. The van der Waals surface area contributed by atoms with Gasteiger partial charge >= 0.3 is 0 Å². The van der Waals surface area contributed by atoms with E-state index in [1.54, 1.807) is 6.92 Å². The molecule has 0 radical (unpaired) electrons. The summed E-state index contributed by atoms with van der Waals surface area (Å²) in [5.41, 5.74) is 5.05. The molecule has 98 valence electrons. The molecule has 0 aliphatic heterocycles. The van der Waals surface area contributed by atoms with Crippen molar-refractivity contribution < 1.29 is 14.4 Å². The van der Waals surface area contributed by atoms with Crippen molar-refractivity contribution in [3.63, 3.8) is 0 Å². The molecule has 7 heteroatoms. The molecule has 7 nitrogen and oxygen atoms in total. The van der Waals surface area contributed by atoms with Crippen LogP contribution >= 0.6 is 0 Å². The highest BCUT2D eigenvalue weighted by molar-refractivity contribution is 5.90. The number of hydrogen-bond donors (Lipinski definition) is 4. The van der Waals surface area contributed by atoms with Gasteiger partial charge in [0, 0.05) is 6.54 Å². The van der Waals surface area contributed by atoms with Crippen LogP contribution in [0, 0.1) is 0 Å². The Kier molecular flexibility index (Phi) is 7.70. The number of hydrogen-bond acceptors (Lipinski definition) is 4. The lowest BCUT2D eigenvalue weighted by Gasteiger charge is -2.13. The van der Waals surface area contributed by atoms with E-state index >= 15 is 0 Å². The predicted octanol–water partition coefficient (Wildman–Crippen LogP) is -1.91. The molecule has 0 aliphatic carbocycles. The van der Waals surface area contributed by atoms with Gasteiger partial charge < -0.3 is 21.7 Å². The van der Waals surface area contributed by atoms with Gasteiger partial charge in [-0.25, -0.2) is 0 Å². The van der Waals surface area contributed by atoms with Gasteiger partial charge in [-0.15, -0.1) is 0 Å². The minimum Gasteiger partial charge on any atom is -0.354 e. The molecule has 0 heterocycles. The summed E-state index contributed by atoms with van der Waals surface area (Å²) in [7, 11) is 0. The van der Waals surface area contributed by atoms with Crippen molar-refractivity contribution in [3.8, 4) is 0 Å². The Bertz CT molecular complexity index is 281. The van der Waals surface area contributed by atoms with E-state index in [0.29, 0.717) is 6.54 Å². The van der Waals surface area contributed by atoms with Crippen molar-refractivity contribution in [2.45, 2.75) is 26.3 Å². The van der Waals surface area contributed by atoms with E-state index in [1.807, 2.05) is 6.92 Å². The smallest absolute Gasteiger partial charge is 0.242 e. The summed E-state index contributed by atoms with van der Waals surface area (Å²) >= 11 is 0. The molecule has 1 atom stereocenters. The van der Waals surface area contributed by atoms with Crippen LogP contribution in [-0.2, 0) is 14.4 Å². The average Bonchev–Trinajstić information content (AvgIpc) is 2.32. The van der Waals surface area contributed by atoms with Crippen LogP contribution in [0.15, 0.2) is 0 Å². The number of carbonyl (C=O) groups excluding carboxylic acids is 3. The SMILES string of the molecule is CCCNC(=O)C(C)NC(=O)CNC(=O)CN. The molecule has 0 bridgehead atoms. The molecule has 17 heavy (non-hydrogen) atoms. The molecule has 0 aromatic carbocycles. The molecule has 0 aliphatic rings. The fraction of sp³-hybridized carbons (Fsp3) is 0.700. The van der Waals surface area contributed by atoms with Crippen LogP contribution < -0.4 is 21.7 Å². The van der Waals surface area contributed by atoms with Gasteiger partial charge in [0.1, 0.15) is 6.04 Å². The molecular weight excluding hydrogens is 224 g/mol. The van der Waals surface area contributed by atoms with E-state index in [1.165, 1.54) is 0 Å². The lowest BCUT2D eigenvalue weighted by atomic mass is 10.3. The van der Waals surface area contributed by atoms with Gasteiger partial charge in [0.25, 0.3) is 0 Å². The van der Waals surface area contributed by atoms with Crippen LogP contribution in [0.2, 0.25) is 0 Å². The third-order valence-corrected chi connectivity index (χ3v) is 1.95. The van der Waals surface area contributed by atoms with Gasteiger partial charge in [-0.05, 0) is 13.3 Å². The first kappa shape index (κ1) is 15.4. The fourth-order valence-electron chi connectivity index (χ4n) is 1.01. The maximum Gasteiger partial charge on any atom is 0.242 e. The Morgan fingerprint density at radius 2 is 1.82 bits per heavy atom. The maximum atomic E-state index is 11.4. The highest BCUT2D eigenvalue weighted by Crippen LogP contribution is 1.83. The number of nitrogens with two attached hydrogens (primary N) is 1. The highest BCUT2D eigenvalue weighted by Gasteiger charge is 2.14. The minimum atomic E-state index is -0.621. The van der Waals surface area contributed by atoms with Crippen molar-refractivity contribution >= 4 is 17.7 Å². The number of rotatable bonds is 7. The Morgan fingerprint density at radius 1 is 1.18 bits per heavy atom. The molecular formula is C10H20N4O3. The van der Waals surface area contributed by atoms with Crippen molar-refractivity contribution in [3.05, 3.63) is 0 Å². The van der Waals surface area contributed by atoms with Crippen molar-refractivity contribution in [2.75, 3.05) is 19.6 Å². The van der Waals surface area contributed by atoms with Crippen LogP contribution in [-0.4, -0.2) is 43.4 Å². The Labute approximate surface area is 100 Å². The van der Waals surface area contributed by atoms with Crippen molar-refractivity contribution in [1.29, 1.82) is 0 Å². The highest BCUT2D eigenvalue weighted by atomic mass is 16.2. The van der Waals surface area contributed by atoms with Gasteiger partial charge in [0.2, 0.25) is 17.7 Å². The first-order chi connectivity index (χ1) is 8.01. The molecule has 0 spiro atoms. The Morgan fingerprint density at radius 3 is 2.35 bits per heavy atom. The van der Waals surface area contributed by atoms with E-state index in [2.05, 4.69) is 16.0 Å². The van der Waals surface area contributed by atoms with E-state index in [4.69, 9.17) is 5.73 Å². The second-order valence-corrected chi connectivity index (χ2v) is 3.56. The number of nitrogens with one attached hydrogen (secondary N) is 3. The van der Waals surface area contributed by atoms with Crippen molar-refractivity contribution in [2.24, 2.45) is 5.73 Å². The monoisotopic (exact) mass is 244 g/mol. The lowest BCUT2D eigenvalue weighted by Crippen LogP contribution is -2.48. The maximum absolute atomic E-state index is 11.4. The zero-order chi connectivity index (χ0) is 13.3. The van der Waals surface area contributed by atoms with E-state index in [-0.39, 0.29) is 19.0 Å². The largest absolute Gasteiger partial charge is 0.354 e. The molecule has 0 rings (SSSR count). The summed E-state index contributed by atoms with van der Waals surface area (Å²) in [5, 5.41) is 7.43. The predicted molar refractivity (Wildman–Crippen MR) is 63.0 cm³/mol. The summed E-state index contributed by atoms with van der Waals surface area (Å²) in [5.74, 6) is -1.08. The van der Waals surface area contributed by atoms with Crippen molar-refractivity contribution in [1.82, 2.24) is 16.0 Å². The molecule has 1 unspecified atom stereocenters. The molecule has 0 fully saturated rings. The average molecular weight is 244 g/mol. The summed E-state index contributed by atoms with van der Waals surface area (Å²) in [4.78, 5) is 33.5. The first-order valence-corrected chi connectivity index (χ1v) is 5.55. The van der Waals surface area contributed by atoms with E-state index in [0.717, 1.165) is 6.42 Å². The minimum absolute atomic E-state index is 0.167. The van der Waals surface area contributed by atoms with Gasteiger partial charge in [-0.2, -0.15) is 0 Å². The van der Waals surface area contributed by atoms with Crippen LogP contribution in [0.3, 0.4) is 0 Å². The standard InChI is InChI=1S/C10H20N4O3/c1-3-4-12-10(17)7(2)14-9(16)6-13-8(15)5-11/h7H,3-6,11H2,1-2H3,(H,12,17)(H,13,15)(H,14,16). The van der Waals surface area contributed by atoms with Crippen LogP contribution in [0.25, 0.3) is 0 Å². The quantitative estimate of drug-likeness (QED) is 0.418. The summed E-state index contributed by atoms with van der Waals surface area (Å²) in [6.45, 7) is 3.74. The molecule has 0 saturated carbocycles. The Balaban J connectivity index is 3.86. The second kappa shape index (κ2) is 8.51. The lowest BCUT2D eigenvalue weighted by molar-refractivity contribution is -0.129. The normalized spacial score (nSPS) is 11.5. The fourth-order valence-corrected chi connectivity index (χ4v) is 1.01. The summed E-state index contributed by atoms with van der Waals surface area (Å²) in [6.07, 6.45) is 0.832. The van der Waals surface area contributed by atoms with E-state index < -0.39 is 17.9 Å². The van der Waals surface area contributed by atoms with Gasteiger partial charge in [0.05, 0.1) is 13.1 Å². The van der Waals surface area contributed by atoms with Crippen LogP contribution in [0.1, 0.15) is 20.3 Å².